The van der Waals surface area contributed by atoms with Crippen molar-refractivity contribution in [2.75, 3.05) is 13.6 Å². The summed E-state index contributed by atoms with van der Waals surface area (Å²) < 4.78 is 27.1. The van der Waals surface area contributed by atoms with E-state index in [2.05, 4.69) is 4.72 Å². The average Bonchev–Trinajstić information content (AvgIpc) is 2.24. The first-order valence-corrected chi connectivity index (χ1v) is 6.97. The van der Waals surface area contributed by atoms with Gasteiger partial charge in [0.25, 0.3) is 10.2 Å². The second-order valence-corrected chi connectivity index (χ2v) is 6.47. The fraction of sp³-hybridized carbons (Fsp3) is 0.900. The largest absolute Gasteiger partial charge is 0.481 e. The summed E-state index contributed by atoms with van der Waals surface area (Å²) in [5.74, 6) is -1.00. The van der Waals surface area contributed by atoms with Crippen molar-refractivity contribution in [2.24, 2.45) is 5.41 Å². The molecule has 0 amide bonds. The molecule has 0 fully saturated rings. The van der Waals surface area contributed by atoms with Crippen LogP contribution < -0.4 is 4.72 Å². The maximum atomic E-state index is 11.8. The Labute approximate surface area is 103 Å². The van der Waals surface area contributed by atoms with Gasteiger partial charge in [-0.1, -0.05) is 6.92 Å². The monoisotopic (exact) mass is 266 g/mol. The predicted octanol–water partition coefficient (Wildman–Crippen LogP) is 0.662. The number of carboxylic acid groups (broad SMARTS) is 1. The van der Waals surface area contributed by atoms with Crippen LogP contribution in [0.15, 0.2) is 0 Å². The topological polar surface area (TPSA) is 86.7 Å². The summed E-state index contributed by atoms with van der Waals surface area (Å²) >= 11 is 0. The third kappa shape index (κ3) is 4.25. The highest BCUT2D eigenvalue weighted by Gasteiger charge is 2.33. The smallest absolute Gasteiger partial charge is 0.310 e. The van der Waals surface area contributed by atoms with Crippen LogP contribution in [-0.2, 0) is 15.0 Å². The molecule has 0 saturated heterocycles. The maximum Gasteiger partial charge on any atom is 0.310 e. The number of hydrogen-bond acceptors (Lipinski definition) is 3. The summed E-state index contributed by atoms with van der Waals surface area (Å²) in [4.78, 5) is 11.0. The molecule has 0 heterocycles. The fourth-order valence-electron chi connectivity index (χ4n) is 0.982. The van der Waals surface area contributed by atoms with Crippen molar-refractivity contribution in [1.82, 2.24) is 9.03 Å². The van der Waals surface area contributed by atoms with Gasteiger partial charge in [0.05, 0.1) is 5.41 Å². The van der Waals surface area contributed by atoms with Gasteiger partial charge < -0.3 is 5.11 Å². The Bertz CT molecular complexity index is 367. The standard InChI is InChI=1S/C10H22N2O4S/c1-6-10(4,9(13)14)7-11-17(15,16)12(5)8(2)3/h8,11H,6-7H2,1-5H3,(H,13,14). The predicted molar refractivity (Wildman–Crippen MR) is 65.9 cm³/mol. The number of hydrogen-bond donors (Lipinski definition) is 2. The molecule has 0 rings (SSSR count). The number of carboxylic acids is 1. The molecular weight excluding hydrogens is 244 g/mol. The summed E-state index contributed by atoms with van der Waals surface area (Å²) in [6, 6.07) is -0.176. The Morgan fingerprint density at radius 3 is 2.24 bits per heavy atom. The summed E-state index contributed by atoms with van der Waals surface area (Å²) in [5.41, 5.74) is -1.08. The third-order valence-corrected chi connectivity index (χ3v) is 4.74. The highest BCUT2D eigenvalue weighted by atomic mass is 32.2. The lowest BCUT2D eigenvalue weighted by Gasteiger charge is -2.26. The van der Waals surface area contributed by atoms with Gasteiger partial charge in [0.1, 0.15) is 0 Å². The van der Waals surface area contributed by atoms with Crippen LogP contribution in [-0.4, -0.2) is 43.4 Å². The molecule has 0 aliphatic rings. The maximum absolute atomic E-state index is 11.8. The van der Waals surface area contributed by atoms with E-state index in [-0.39, 0.29) is 12.6 Å². The molecule has 0 aromatic rings. The Balaban J connectivity index is 4.72. The van der Waals surface area contributed by atoms with Crippen molar-refractivity contribution < 1.29 is 18.3 Å². The SMILES string of the molecule is CCC(C)(CNS(=O)(=O)N(C)C(C)C)C(=O)O. The molecule has 0 saturated carbocycles. The zero-order valence-corrected chi connectivity index (χ0v) is 11.8. The van der Waals surface area contributed by atoms with Crippen molar-refractivity contribution >= 4 is 16.2 Å². The quantitative estimate of drug-likeness (QED) is 0.709. The van der Waals surface area contributed by atoms with E-state index >= 15 is 0 Å². The van der Waals surface area contributed by atoms with Gasteiger partial charge in [-0.2, -0.15) is 12.7 Å². The van der Waals surface area contributed by atoms with E-state index in [0.717, 1.165) is 0 Å². The Morgan fingerprint density at radius 2 is 1.94 bits per heavy atom. The summed E-state index contributed by atoms with van der Waals surface area (Å²) in [7, 11) is -2.16. The van der Waals surface area contributed by atoms with Gasteiger partial charge in [-0.15, -0.1) is 0 Å². The van der Waals surface area contributed by atoms with E-state index in [9.17, 15) is 13.2 Å². The fourth-order valence-corrected chi connectivity index (χ4v) is 2.24. The normalized spacial score (nSPS) is 16.2. The molecule has 6 nitrogen and oxygen atoms in total. The molecule has 0 aromatic carbocycles. The zero-order chi connectivity index (χ0) is 13.9. The highest BCUT2D eigenvalue weighted by molar-refractivity contribution is 7.87. The molecule has 0 radical (unpaired) electrons. The third-order valence-electron chi connectivity index (χ3n) is 3.05. The van der Waals surface area contributed by atoms with Gasteiger partial charge in [-0.3, -0.25) is 4.79 Å². The van der Waals surface area contributed by atoms with E-state index in [0.29, 0.717) is 6.42 Å². The second kappa shape index (κ2) is 5.79. The molecule has 0 aliphatic heterocycles. The molecule has 1 unspecified atom stereocenters. The van der Waals surface area contributed by atoms with E-state index in [1.54, 1.807) is 20.8 Å². The molecule has 17 heavy (non-hydrogen) atoms. The Hall–Kier alpha value is -0.660. The Morgan fingerprint density at radius 1 is 1.47 bits per heavy atom. The van der Waals surface area contributed by atoms with Gasteiger partial charge in [0.2, 0.25) is 0 Å². The molecule has 0 aliphatic carbocycles. The molecule has 1 atom stereocenters. The van der Waals surface area contributed by atoms with Crippen molar-refractivity contribution in [2.45, 2.75) is 40.2 Å². The van der Waals surface area contributed by atoms with Gasteiger partial charge >= 0.3 is 5.97 Å². The van der Waals surface area contributed by atoms with E-state index in [1.807, 2.05) is 0 Å². The first kappa shape index (κ1) is 16.3. The number of rotatable bonds is 7. The minimum atomic E-state index is -3.62. The lowest BCUT2D eigenvalue weighted by molar-refractivity contribution is -0.147. The van der Waals surface area contributed by atoms with E-state index in [1.165, 1.54) is 18.3 Å². The lowest BCUT2D eigenvalue weighted by atomic mass is 9.88. The Kier molecular flexibility index (Phi) is 5.57. The van der Waals surface area contributed by atoms with Gasteiger partial charge in [-0.05, 0) is 27.2 Å². The van der Waals surface area contributed by atoms with E-state index < -0.39 is 21.6 Å². The summed E-state index contributed by atoms with van der Waals surface area (Å²) in [6.45, 7) is 6.62. The van der Waals surface area contributed by atoms with Crippen LogP contribution in [0.1, 0.15) is 34.1 Å². The minimum Gasteiger partial charge on any atom is -0.481 e. The van der Waals surface area contributed by atoms with Crippen LogP contribution in [0.2, 0.25) is 0 Å². The van der Waals surface area contributed by atoms with Crippen LogP contribution in [0, 0.1) is 5.41 Å². The first-order valence-electron chi connectivity index (χ1n) is 5.53. The van der Waals surface area contributed by atoms with Crippen LogP contribution in [0.4, 0.5) is 0 Å². The van der Waals surface area contributed by atoms with Crippen LogP contribution in [0.3, 0.4) is 0 Å². The van der Waals surface area contributed by atoms with Gasteiger partial charge in [0, 0.05) is 19.6 Å². The molecule has 0 aromatic heterocycles. The van der Waals surface area contributed by atoms with Crippen LogP contribution in [0.5, 0.6) is 0 Å². The summed E-state index contributed by atoms with van der Waals surface area (Å²) in [6.07, 6.45) is 0.357. The minimum absolute atomic E-state index is 0.113. The number of carbonyl (C=O) groups is 1. The summed E-state index contributed by atoms with van der Waals surface area (Å²) in [5, 5.41) is 9.03. The second-order valence-electron chi connectivity index (χ2n) is 4.66. The number of aliphatic carboxylic acids is 1. The van der Waals surface area contributed by atoms with Crippen LogP contribution in [0.25, 0.3) is 0 Å². The molecule has 7 heteroatoms. The van der Waals surface area contributed by atoms with Crippen molar-refractivity contribution in [3.63, 3.8) is 0 Å². The molecule has 0 bridgehead atoms. The van der Waals surface area contributed by atoms with Gasteiger partial charge in [0.15, 0.2) is 0 Å². The first-order chi connectivity index (χ1) is 7.57. The van der Waals surface area contributed by atoms with Gasteiger partial charge in [-0.25, -0.2) is 4.72 Å². The lowest BCUT2D eigenvalue weighted by Crippen LogP contribution is -2.47. The van der Waals surface area contributed by atoms with Crippen molar-refractivity contribution in [3.05, 3.63) is 0 Å². The molecule has 2 N–H and O–H groups in total. The number of nitrogens with zero attached hydrogens (tertiary/aromatic N) is 1. The zero-order valence-electron chi connectivity index (χ0n) is 11.0. The molecule has 102 valence electrons. The van der Waals surface area contributed by atoms with Crippen molar-refractivity contribution in [3.8, 4) is 0 Å². The van der Waals surface area contributed by atoms with Crippen molar-refractivity contribution in [1.29, 1.82) is 0 Å². The molecular formula is C10H22N2O4S. The van der Waals surface area contributed by atoms with E-state index in [4.69, 9.17) is 5.11 Å². The molecule has 0 spiro atoms. The van der Waals surface area contributed by atoms with Crippen LogP contribution >= 0.6 is 0 Å². The number of nitrogens with one attached hydrogen (secondary N) is 1. The average molecular weight is 266 g/mol. The highest BCUT2D eigenvalue weighted by Crippen LogP contribution is 2.20.